The Morgan fingerprint density at radius 1 is 1.26 bits per heavy atom. The number of hydrogen-bond donors (Lipinski definition) is 1. The summed E-state index contributed by atoms with van der Waals surface area (Å²) in [5.41, 5.74) is 1.43. The van der Waals surface area contributed by atoms with Crippen molar-refractivity contribution in [1.82, 2.24) is 29.5 Å². The van der Waals surface area contributed by atoms with Gasteiger partial charge in [0, 0.05) is 25.0 Å². The van der Waals surface area contributed by atoms with Crippen molar-refractivity contribution in [2.45, 2.75) is 38.7 Å². The van der Waals surface area contributed by atoms with Gasteiger partial charge in [-0.2, -0.15) is 13.2 Å². The van der Waals surface area contributed by atoms with Crippen LogP contribution in [0.1, 0.15) is 22.9 Å². The predicted molar refractivity (Wildman–Crippen MR) is 95.3 cm³/mol. The second-order valence-electron chi connectivity index (χ2n) is 7.40. The lowest BCUT2D eigenvalue weighted by atomic mass is 9.82. The minimum absolute atomic E-state index is 0.0874. The Balaban J connectivity index is 1.50. The monoisotopic (exact) mass is 438 g/mol. The molecule has 4 rings (SSSR count). The Morgan fingerprint density at radius 2 is 2.00 bits per heavy atom. The van der Waals surface area contributed by atoms with Gasteiger partial charge in [0.2, 0.25) is 11.7 Å². The van der Waals surface area contributed by atoms with Crippen molar-refractivity contribution in [2.24, 2.45) is 5.92 Å². The molecular weight excluding hydrogens is 421 g/mol. The standard InChI is InChI=1S/C18H17F3N6O4/c1-9-6-10(2-3-22-9)7-11-13(15(29)30)27(14(11)28)17(31)25-4-5-26-12(8-25)23-24-16(26)18(19,20)21/h2-3,6,11,13H,4-5,7-8H2,1H3,(H,29,30)/t11-,13+/m1/s1. The van der Waals surface area contributed by atoms with Gasteiger partial charge >= 0.3 is 18.2 Å². The maximum Gasteiger partial charge on any atom is 0.451 e. The van der Waals surface area contributed by atoms with Crippen molar-refractivity contribution in [3.05, 3.63) is 41.2 Å². The zero-order chi connectivity index (χ0) is 22.5. The first-order valence-corrected chi connectivity index (χ1v) is 9.33. The number of imide groups is 1. The number of carbonyl (C=O) groups is 3. The Kier molecular flexibility index (Phi) is 4.90. The van der Waals surface area contributed by atoms with Gasteiger partial charge in [-0.3, -0.25) is 9.78 Å². The number of pyridine rings is 1. The van der Waals surface area contributed by atoms with Gasteiger partial charge in [0.1, 0.15) is 0 Å². The van der Waals surface area contributed by atoms with Crippen LogP contribution in [0.3, 0.4) is 0 Å². The molecule has 2 aromatic rings. The quantitative estimate of drug-likeness (QED) is 0.712. The number of β-lactam (4-membered cyclic amide) rings is 1. The number of aromatic nitrogens is 4. The fourth-order valence-corrected chi connectivity index (χ4v) is 3.91. The topological polar surface area (TPSA) is 122 Å². The van der Waals surface area contributed by atoms with E-state index in [1.165, 1.54) is 0 Å². The lowest BCUT2D eigenvalue weighted by molar-refractivity contribution is -0.166. The summed E-state index contributed by atoms with van der Waals surface area (Å²) in [7, 11) is 0. The summed E-state index contributed by atoms with van der Waals surface area (Å²) in [5, 5.41) is 16.2. The smallest absolute Gasteiger partial charge is 0.451 e. The van der Waals surface area contributed by atoms with Crippen LogP contribution in [0.4, 0.5) is 18.0 Å². The maximum absolute atomic E-state index is 13.0. The van der Waals surface area contributed by atoms with Crippen LogP contribution in [0.2, 0.25) is 0 Å². The number of carboxylic acid groups (broad SMARTS) is 1. The molecule has 1 N–H and O–H groups in total. The second kappa shape index (κ2) is 7.32. The van der Waals surface area contributed by atoms with Gasteiger partial charge in [-0.05, 0) is 31.0 Å². The Bertz CT molecular complexity index is 1070. The molecule has 0 saturated carbocycles. The third kappa shape index (κ3) is 3.59. The fourth-order valence-electron chi connectivity index (χ4n) is 3.91. The number of likely N-dealkylation sites (tertiary alicyclic amines) is 1. The lowest BCUT2D eigenvalue weighted by Crippen LogP contribution is -2.69. The van der Waals surface area contributed by atoms with E-state index >= 15 is 0 Å². The largest absolute Gasteiger partial charge is 0.480 e. The number of hydrogen-bond acceptors (Lipinski definition) is 6. The van der Waals surface area contributed by atoms with Gasteiger partial charge < -0.3 is 14.6 Å². The van der Waals surface area contributed by atoms with Crippen molar-refractivity contribution < 1.29 is 32.7 Å². The first-order valence-electron chi connectivity index (χ1n) is 9.33. The number of nitrogens with zero attached hydrogens (tertiary/aromatic N) is 6. The Morgan fingerprint density at radius 3 is 2.65 bits per heavy atom. The molecule has 4 heterocycles. The van der Waals surface area contributed by atoms with Crippen LogP contribution in [0.15, 0.2) is 18.3 Å². The highest BCUT2D eigenvalue weighted by molar-refractivity contribution is 6.07. The first-order chi connectivity index (χ1) is 14.6. The number of alkyl halides is 3. The molecule has 2 aromatic heterocycles. The van der Waals surface area contributed by atoms with Crippen LogP contribution in [-0.2, 0) is 35.3 Å². The molecule has 3 amide bonds. The summed E-state index contributed by atoms with van der Waals surface area (Å²) < 4.78 is 39.8. The first kappa shape index (κ1) is 20.8. The molecule has 164 valence electrons. The second-order valence-corrected chi connectivity index (χ2v) is 7.40. The van der Waals surface area contributed by atoms with E-state index in [0.717, 1.165) is 15.0 Å². The molecule has 0 bridgehead atoms. The van der Waals surface area contributed by atoms with Crippen LogP contribution in [0, 0.1) is 12.8 Å². The van der Waals surface area contributed by atoms with Crippen LogP contribution in [0.5, 0.6) is 0 Å². The number of aryl methyl sites for hydroxylation is 1. The van der Waals surface area contributed by atoms with E-state index in [9.17, 15) is 32.7 Å². The molecule has 10 nitrogen and oxygen atoms in total. The van der Waals surface area contributed by atoms with E-state index in [0.29, 0.717) is 10.6 Å². The highest BCUT2D eigenvalue weighted by Gasteiger charge is 2.56. The third-order valence-corrected chi connectivity index (χ3v) is 5.37. The SMILES string of the molecule is Cc1cc(C[C@H]2C(=O)N(C(=O)N3CCn4c(nnc4C(F)(F)F)C3)[C@@H]2C(=O)O)ccn1. The Labute approximate surface area is 173 Å². The number of aliphatic carboxylic acids is 1. The normalized spacial score (nSPS) is 21.0. The Hall–Kier alpha value is -3.51. The van der Waals surface area contributed by atoms with E-state index < -0.39 is 41.9 Å². The molecule has 2 aliphatic heterocycles. The highest BCUT2D eigenvalue weighted by Crippen LogP contribution is 2.33. The molecular formula is C18H17F3N6O4. The molecule has 0 aliphatic carbocycles. The van der Waals surface area contributed by atoms with Gasteiger partial charge in [-0.25, -0.2) is 14.5 Å². The number of amides is 3. The molecule has 0 aromatic carbocycles. The number of carbonyl (C=O) groups excluding carboxylic acids is 2. The lowest BCUT2D eigenvalue weighted by Gasteiger charge is -2.45. The van der Waals surface area contributed by atoms with Crippen LogP contribution < -0.4 is 0 Å². The summed E-state index contributed by atoms with van der Waals surface area (Å²) in [4.78, 5) is 43.1. The van der Waals surface area contributed by atoms with Crippen molar-refractivity contribution >= 4 is 17.9 Å². The zero-order valence-corrected chi connectivity index (χ0v) is 16.2. The van der Waals surface area contributed by atoms with Gasteiger partial charge in [-0.15, -0.1) is 10.2 Å². The number of carboxylic acids is 1. The van der Waals surface area contributed by atoms with Gasteiger partial charge in [-0.1, -0.05) is 0 Å². The van der Waals surface area contributed by atoms with Gasteiger partial charge in [0.15, 0.2) is 11.9 Å². The highest BCUT2D eigenvalue weighted by atomic mass is 19.4. The summed E-state index contributed by atoms with van der Waals surface area (Å²) in [6.07, 6.45) is -3.00. The molecule has 0 radical (unpaired) electrons. The molecule has 1 saturated heterocycles. The van der Waals surface area contributed by atoms with Gasteiger partial charge in [0.05, 0.1) is 12.5 Å². The summed E-state index contributed by atoms with van der Waals surface area (Å²) in [6, 6.07) is 1.16. The van der Waals surface area contributed by atoms with Crippen molar-refractivity contribution in [3.8, 4) is 0 Å². The molecule has 2 aliphatic rings. The predicted octanol–water partition coefficient (Wildman–Crippen LogP) is 1.09. The van der Waals surface area contributed by atoms with E-state index in [4.69, 9.17) is 0 Å². The number of rotatable bonds is 3. The third-order valence-electron chi connectivity index (χ3n) is 5.37. The van der Waals surface area contributed by atoms with Crippen LogP contribution in [-0.4, -0.2) is 65.1 Å². The molecule has 2 atom stereocenters. The van der Waals surface area contributed by atoms with E-state index in [1.54, 1.807) is 25.3 Å². The van der Waals surface area contributed by atoms with E-state index in [1.807, 2.05) is 0 Å². The molecule has 0 unspecified atom stereocenters. The average Bonchev–Trinajstić information content (AvgIpc) is 3.13. The van der Waals surface area contributed by atoms with Crippen molar-refractivity contribution in [3.63, 3.8) is 0 Å². The summed E-state index contributed by atoms with van der Waals surface area (Å²) in [5.74, 6) is -4.15. The number of urea groups is 1. The maximum atomic E-state index is 13.0. The summed E-state index contributed by atoms with van der Waals surface area (Å²) in [6.45, 7) is 1.09. The number of halogens is 3. The molecule has 13 heteroatoms. The molecule has 1 fully saturated rings. The van der Waals surface area contributed by atoms with Crippen LogP contribution >= 0.6 is 0 Å². The number of fused-ring (bicyclic) bond motifs is 1. The van der Waals surface area contributed by atoms with Crippen molar-refractivity contribution in [2.75, 3.05) is 6.54 Å². The van der Waals surface area contributed by atoms with Crippen molar-refractivity contribution in [1.29, 1.82) is 0 Å². The molecule has 0 spiro atoms. The summed E-state index contributed by atoms with van der Waals surface area (Å²) >= 11 is 0. The van der Waals surface area contributed by atoms with E-state index in [2.05, 4.69) is 15.2 Å². The van der Waals surface area contributed by atoms with E-state index in [-0.39, 0.29) is 31.9 Å². The zero-order valence-electron chi connectivity index (χ0n) is 16.2. The van der Waals surface area contributed by atoms with Gasteiger partial charge in [0.25, 0.3) is 0 Å². The molecule has 31 heavy (non-hydrogen) atoms. The van der Waals surface area contributed by atoms with Crippen LogP contribution in [0.25, 0.3) is 0 Å². The fraction of sp³-hybridized carbons (Fsp3) is 0.444. The minimum atomic E-state index is -4.68. The average molecular weight is 438 g/mol. The minimum Gasteiger partial charge on any atom is -0.480 e.